The van der Waals surface area contributed by atoms with Crippen LogP contribution in [0.25, 0.3) is 22.0 Å². The molecule has 0 unspecified atom stereocenters. The zero-order chi connectivity index (χ0) is 16.7. The number of nitrogen functional groups attached to an aromatic ring is 1. The van der Waals surface area contributed by atoms with Crippen LogP contribution in [0.5, 0.6) is 0 Å². The van der Waals surface area contributed by atoms with E-state index in [0.29, 0.717) is 5.56 Å². The van der Waals surface area contributed by atoms with E-state index in [2.05, 4.69) is 21.6 Å². The van der Waals surface area contributed by atoms with Crippen LogP contribution in [0.15, 0.2) is 48.5 Å². The Bertz CT molecular complexity index is 1020. The van der Waals surface area contributed by atoms with Gasteiger partial charge in [-0.1, -0.05) is 12.1 Å². The number of hydrogen-bond acceptors (Lipinski definition) is 4. The van der Waals surface area contributed by atoms with Crippen molar-refractivity contribution in [1.29, 1.82) is 0 Å². The number of rotatable bonds is 3. The molecule has 24 heavy (non-hydrogen) atoms. The van der Waals surface area contributed by atoms with Crippen LogP contribution in [0.4, 0.5) is 17.2 Å². The fraction of sp³-hybridized carbons (Fsp3) is 0.0556. The standard InChI is InChI=1S/C18H16N4O2/c1-24-18(23)10-3-2-4-13(8-10)20-17-15-9-11-7-12(19)5-6-14(11)16(15)21-22-17/h2-9,20-22H,19H2,1H3. The summed E-state index contributed by atoms with van der Waals surface area (Å²) in [5.74, 6) is 0.457. The maximum Gasteiger partial charge on any atom is 0.337 e. The average Bonchev–Trinajstić information content (AvgIpc) is 3.13. The first kappa shape index (κ1) is 14.2. The lowest BCUT2D eigenvalue weighted by molar-refractivity contribution is 0.0601. The van der Waals surface area contributed by atoms with Crippen molar-refractivity contribution in [3.05, 3.63) is 54.1 Å². The number of esters is 1. The Morgan fingerprint density at radius 1 is 1.12 bits per heavy atom. The van der Waals surface area contributed by atoms with E-state index in [0.717, 1.165) is 39.2 Å². The second-order valence-corrected chi connectivity index (χ2v) is 5.60. The first-order valence-electron chi connectivity index (χ1n) is 7.49. The predicted octanol–water partition coefficient (Wildman–Crippen LogP) is 3.71. The van der Waals surface area contributed by atoms with Crippen LogP contribution >= 0.6 is 0 Å². The third-order valence-electron chi connectivity index (χ3n) is 4.05. The van der Waals surface area contributed by atoms with Crippen molar-refractivity contribution < 1.29 is 9.53 Å². The second-order valence-electron chi connectivity index (χ2n) is 5.60. The second kappa shape index (κ2) is 5.34. The summed E-state index contributed by atoms with van der Waals surface area (Å²) < 4.78 is 4.76. The fourth-order valence-corrected chi connectivity index (χ4v) is 2.91. The van der Waals surface area contributed by atoms with E-state index in [1.54, 1.807) is 18.2 Å². The number of nitrogens with one attached hydrogen (secondary N) is 3. The number of hydrogen-bond donors (Lipinski definition) is 4. The molecule has 2 aromatic carbocycles. The third kappa shape index (κ3) is 2.25. The number of nitrogens with two attached hydrogens (primary N) is 1. The summed E-state index contributed by atoms with van der Waals surface area (Å²) >= 11 is 0. The summed E-state index contributed by atoms with van der Waals surface area (Å²) in [4.78, 5) is 11.7. The van der Waals surface area contributed by atoms with Crippen molar-refractivity contribution >= 4 is 33.9 Å². The van der Waals surface area contributed by atoms with Crippen LogP contribution in [-0.2, 0) is 4.74 Å². The first-order chi connectivity index (χ1) is 11.7. The maximum atomic E-state index is 11.7. The summed E-state index contributed by atoms with van der Waals surface area (Å²) in [5.41, 5.74) is 9.92. The zero-order valence-corrected chi connectivity index (χ0v) is 13.0. The van der Waals surface area contributed by atoms with Gasteiger partial charge in [0.05, 0.1) is 18.4 Å². The third-order valence-corrected chi connectivity index (χ3v) is 4.05. The molecular weight excluding hydrogens is 304 g/mol. The Hall–Kier alpha value is -3.41. The van der Waals surface area contributed by atoms with E-state index in [9.17, 15) is 4.79 Å². The highest BCUT2D eigenvalue weighted by Gasteiger charge is 2.17. The van der Waals surface area contributed by atoms with Crippen LogP contribution in [0, 0.1) is 0 Å². The van der Waals surface area contributed by atoms with Crippen LogP contribution in [-0.4, -0.2) is 23.3 Å². The average molecular weight is 320 g/mol. The molecule has 0 amide bonds. The molecule has 0 aromatic heterocycles. The van der Waals surface area contributed by atoms with E-state index in [-0.39, 0.29) is 5.97 Å². The molecule has 1 heterocycles. The number of aromatic nitrogens is 2. The van der Waals surface area contributed by atoms with Crippen LogP contribution in [0.2, 0.25) is 0 Å². The molecule has 6 heteroatoms. The highest BCUT2D eigenvalue weighted by atomic mass is 16.5. The fourth-order valence-electron chi connectivity index (χ4n) is 2.91. The zero-order valence-electron chi connectivity index (χ0n) is 13.0. The summed E-state index contributed by atoms with van der Waals surface area (Å²) in [7, 11) is 1.37. The van der Waals surface area contributed by atoms with E-state index in [1.165, 1.54) is 7.11 Å². The smallest absolute Gasteiger partial charge is 0.337 e. The van der Waals surface area contributed by atoms with Crippen molar-refractivity contribution in [2.75, 3.05) is 18.2 Å². The minimum Gasteiger partial charge on any atom is -0.465 e. The molecule has 2 aliphatic rings. The number of fused-ring (bicyclic) bond motifs is 3. The van der Waals surface area contributed by atoms with Gasteiger partial charge in [0.25, 0.3) is 0 Å². The summed E-state index contributed by atoms with van der Waals surface area (Å²) in [5, 5.41) is 11.8. The number of ether oxygens (including phenoxy) is 1. The monoisotopic (exact) mass is 320 g/mol. The molecule has 1 aliphatic carbocycles. The van der Waals surface area contributed by atoms with E-state index in [4.69, 9.17) is 10.5 Å². The lowest BCUT2D eigenvalue weighted by Gasteiger charge is -2.06. The number of carbonyl (C=O) groups excluding carboxylic acids is 1. The molecule has 0 atom stereocenters. The van der Waals surface area contributed by atoms with Gasteiger partial charge in [-0.15, -0.1) is 0 Å². The molecular formula is C18H16N4O2. The van der Waals surface area contributed by atoms with Crippen LogP contribution < -0.4 is 11.1 Å². The Balaban J connectivity index is 1.71. The molecule has 6 nitrogen and oxygen atoms in total. The minimum absolute atomic E-state index is 0.364. The number of carbonyl (C=O) groups is 1. The number of aromatic amines is 2. The summed E-state index contributed by atoms with van der Waals surface area (Å²) in [6.07, 6.45) is 0. The van der Waals surface area contributed by atoms with Gasteiger partial charge >= 0.3 is 5.97 Å². The Morgan fingerprint density at radius 3 is 2.83 bits per heavy atom. The molecule has 0 fully saturated rings. The molecule has 2 aromatic rings. The number of benzene rings is 2. The molecule has 120 valence electrons. The topological polar surface area (TPSA) is 95.9 Å². The largest absolute Gasteiger partial charge is 0.465 e. The summed E-state index contributed by atoms with van der Waals surface area (Å²) in [6, 6.07) is 15.1. The van der Waals surface area contributed by atoms with Gasteiger partial charge < -0.3 is 15.8 Å². The highest BCUT2D eigenvalue weighted by Crippen LogP contribution is 2.38. The predicted molar refractivity (Wildman–Crippen MR) is 94.7 cm³/mol. The SMILES string of the molecule is COC(=O)c1cccc(Nc2[nH][nH]c3c4ccc(N)cc4cc2-3)c1. The van der Waals surface area contributed by atoms with E-state index >= 15 is 0 Å². The van der Waals surface area contributed by atoms with Crippen LogP contribution in [0.1, 0.15) is 10.4 Å². The van der Waals surface area contributed by atoms with Gasteiger partial charge in [-0.3, -0.25) is 10.2 Å². The van der Waals surface area contributed by atoms with Gasteiger partial charge in [0, 0.05) is 22.3 Å². The van der Waals surface area contributed by atoms with E-state index in [1.807, 2.05) is 24.3 Å². The molecule has 5 N–H and O–H groups in total. The molecule has 1 aliphatic heterocycles. The van der Waals surface area contributed by atoms with Gasteiger partial charge in [0.15, 0.2) is 0 Å². The molecule has 0 bridgehead atoms. The normalized spacial score (nSPS) is 11.0. The van der Waals surface area contributed by atoms with Crippen molar-refractivity contribution in [1.82, 2.24) is 10.2 Å². The minimum atomic E-state index is -0.364. The Labute approximate surface area is 137 Å². The van der Waals surface area contributed by atoms with E-state index < -0.39 is 0 Å². The molecule has 4 rings (SSSR count). The van der Waals surface area contributed by atoms with Gasteiger partial charge in [0.1, 0.15) is 5.82 Å². The molecule has 0 radical (unpaired) electrons. The molecule has 0 saturated carbocycles. The quantitative estimate of drug-likeness (QED) is 0.342. The van der Waals surface area contributed by atoms with Gasteiger partial charge in [-0.05, 0) is 41.8 Å². The maximum absolute atomic E-state index is 11.7. The lowest BCUT2D eigenvalue weighted by Crippen LogP contribution is -2.01. The molecule has 0 saturated heterocycles. The van der Waals surface area contributed by atoms with Crippen LogP contribution in [0.3, 0.4) is 0 Å². The number of anilines is 3. The molecule has 0 spiro atoms. The van der Waals surface area contributed by atoms with Crippen molar-refractivity contribution in [3.63, 3.8) is 0 Å². The van der Waals surface area contributed by atoms with Crippen molar-refractivity contribution in [2.24, 2.45) is 0 Å². The van der Waals surface area contributed by atoms with Crippen molar-refractivity contribution in [2.45, 2.75) is 0 Å². The number of H-pyrrole nitrogens is 2. The highest BCUT2D eigenvalue weighted by molar-refractivity contribution is 6.05. The van der Waals surface area contributed by atoms with Gasteiger partial charge in [0.2, 0.25) is 0 Å². The van der Waals surface area contributed by atoms with Gasteiger partial charge in [-0.25, -0.2) is 4.79 Å². The first-order valence-corrected chi connectivity index (χ1v) is 7.49. The number of methoxy groups -OCH3 is 1. The Morgan fingerprint density at radius 2 is 2.00 bits per heavy atom. The van der Waals surface area contributed by atoms with Crippen molar-refractivity contribution in [3.8, 4) is 11.3 Å². The Kier molecular flexibility index (Phi) is 3.16. The summed E-state index contributed by atoms with van der Waals surface area (Å²) in [6.45, 7) is 0. The van der Waals surface area contributed by atoms with Gasteiger partial charge in [-0.2, -0.15) is 0 Å². The lowest BCUT2D eigenvalue weighted by atomic mass is 10.2.